The second-order valence-electron chi connectivity index (χ2n) is 3.92. The Hall–Kier alpha value is -0.530. The molecule has 0 saturated heterocycles. The van der Waals surface area contributed by atoms with Crippen molar-refractivity contribution in [2.24, 2.45) is 10.7 Å². The topological polar surface area (TPSA) is 38.4 Å². The Morgan fingerprint density at radius 1 is 1.25 bits per heavy atom. The van der Waals surface area contributed by atoms with Gasteiger partial charge in [-0.3, -0.25) is 4.99 Å². The average Bonchev–Trinajstić information content (AvgIpc) is 1.85. The van der Waals surface area contributed by atoms with Crippen LogP contribution >= 0.6 is 0 Å². The third-order valence-electron chi connectivity index (χ3n) is 1.81. The first kappa shape index (κ1) is 11.5. The third-order valence-corrected chi connectivity index (χ3v) is 1.81. The zero-order valence-electron chi connectivity index (χ0n) is 8.85. The average molecular weight is 170 g/mol. The van der Waals surface area contributed by atoms with E-state index in [1.807, 2.05) is 0 Å². The first-order valence-electron chi connectivity index (χ1n) is 4.86. The highest BCUT2D eigenvalue weighted by Crippen LogP contribution is 2.16. The Morgan fingerprint density at radius 2 is 1.83 bits per heavy atom. The lowest BCUT2D eigenvalue weighted by Gasteiger charge is -2.19. The third kappa shape index (κ3) is 5.16. The maximum absolute atomic E-state index is 5.75. The van der Waals surface area contributed by atoms with Gasteiger partial charge in [-0.1, -0.05) is 20.3 Å². The fourth-order valence-corrected chi connectivity index (χ4v) is 1.37. The van der Waals surface area contributed by atoms with E-state index in [-0.39, 0.29) is 5.54 Å². The van der Waals surface area contributed by atoms with Gasteiger partial charge >= 0.3 is 0 Å². The number of amidine groups is 1. The van der Waals surface area contributed by atoms with Crippen LogP contribution in [-0.2, 0) is 0 Å². The van der Waals surface area contributed by atoms with Gasteiger partial charge in [0.05, 0.1) is 11.4 Å². The molecule has 0 heterocycles. The monoisotopic (exact) mass is 170 g/mol. The maximum atomic E-state index is 5.75. The van der Waals surface area contributed by atoms with E-state index in [0.717, 1.165) is 31.5 Å². The fourth-order valence-electron chi connectivity index (χ4n) is 1.37. The predicted molar refractivity (Wildman–Crippen MR) is 55.5 cm³/mol. The molecule has 0 bridgehead atoms. The van der Waals surface area contributed by atoms with Crippen molar-refractivity contribution < 1.29 is 0 Å². The summed E-state index contributed by atoms with van der Waals surface area (Å²) in [5, 5.41) is 0. The molecule has 0 saturated carbocycles. The highest BCUT2D eigenvalue weighted by atomic mass is 14.9. The standard InChI is InChI=1S/C10H22N2/c1-5-7-9(11)12-10(3,4)8-6-2/h5-8H2,1-4H3,(H2,11,12). The van der Waals surface area contributed by atoms with Gasteiger partial charge < -0.3 is 5.73 Å². The molecule has 2 heteroatoms. The van der Waals surface area contributed by atoms with E-state index >= 15 is 0 Å². The van der Waals surface area contributed by atoms with Crippen molar-refractivity contribution in [3.05, 3.63) is 0 Å². The second-order valence-corrected chi connectivity index (χ2v) is 3.92. The van der Waals surface area contributed by atoms with Crippen LogP contribution in [0.5, 0.6) is 0 Å². The molecule has 0 amide bonds. The summed E-state index contributed by atoms with van der Waals surface area (Å²) in [6.45, 7) is 8.57. The molecular weight excluding hydrogens is 148 g/mol. The Morgan fingerprint density at radius 3 is 2.25 bits per heavy atom. The zero-order chi connectivity index (χ0) is 9.61. The molecule has 0 aromatic heterocycles. The lowest BCUT2D eigenvalue weighted by atomic mass is 10.00. The highest BCUT2D eigenvalue weighted by molar-refractivity contribution is 5.80. The molecule has 2 nitrogen and oxygen atoms in total. The summed E-state index contributed by atoms with van der Waals surface area (Å²) < 4.78 is 0. The van der Waals surface area contributed by atoms with Crippen molar-refractivity contribution >= 4 is 5.84 Å². The minimum absolute atomic E-state index is 0.0357. The summed E-state index contributed by atoms with van der Waals surface area (Å²) in [5.74, 6) is 0.802. The van der Waals surface area contributed by atoms with Crippen LogP contribution in [0.4, 0.5) is 0 Å². The maximum Gasteiger partial charge on any atom is 0.0943 e. The molecule has 72 valence electrons. The van der Waals surface area contributed by atoms with Crippen LogP contribution in [-0.4, -0.2) is 11.4 Å². The van der Waals surface area contributed by atoms with E-state index in [4.69, 9.17) is 5.73 Å². The van der Waals surface area contributed by atoms with Gasteiger partial charge in [0.1, 0.15) is 0 Å². The molecule has 2 N–H and O–H groups in total. The second kappa shape index (κ2) is 5.18. The SMILES string of the molecule is CCCC(N)=NC(C)(C)CCC. The van der Waals surface area contributed by atoms with Gasteiger partial charge in [-0.15, -0.1) is 0 Å². The number of rotatable bonds is 5. The number of nitrogens with two attached hydrogens (primary N) is 1. The Labute approximate surface area is 76.3 Å². The Balaban J connectivity index is 4.08. The van der Waals surface area contributed by atoms with Crippen LogP contribution in [0.25, 0.3) is 0 Å². The van der Waals surface area contributed by atoms with Crippen molar-refractivity contribution in [3.63, 3.8) is 0 Å². The molecule has 0 aliphatic heterocycles. The number of hydrogen-bond donors (Lipinski definition) is 1. The van der Waals surface area contributed by atoms with Crippen LogP contribution in [0.1, 0.15) is 53.4 Å². The molecule has 0 aromatic carbocycles. The van der Waals surface area contributed by atoms with Gasteiger partial charge in [-0.2, -0.15) is 0 Å². The van der Waals surface area contributed by atoms with E-state index in [1.165, 1.54) is 0 Å². The van der Waals surface area contributed by atoms with Crippen molar-refractivity contribution in [2.45, 2.75) is 58.9 Å². The first-order valence-corrected chi connectivity index (χ1v) is 4.86. The van der Waals surface area contributed by atoms with E-state index in [2.05, 4.69) is 32.7 Å². The Kier molecular flexibility index (Phi) is 4.95. The van der Waals surface area contributed by atoms with E-state index in [0.29, 0.717) is 0 Å². The summed E-state index contributed by atoms with van der Waals surface area (Å²) in [6.07, 6.45) is 4.28. The smallest absolute Gasteiger partial charge is 0.0943 e. The van der Waals surface area contributed by atoms with E-state index in [9.17, 15) is 0 Å². The van der Waals surface area contributed by atoms with Crippen LogP contribution in [0, 0.1) is 0 Å². The molecule has 0 spiro atoms. The van der Waals surface area contributed by atoms with Gasteiger partial charge in [-0.25, -0.2) is 0 Å². The largest absolute Gasteiger partial charge is 0.387 e. The van der Waals surface area contributed by atoms with Crippen molar-refractivity contribution in [3.8, 4) is 0 Å². The molecule has 0 unspecified atom stereocenters. The predicted octanol–water partition coefficient (Wildman–Crippen LogP) is 2.72. The lowest BCUT2D eigenvalue weighted by Crippen LogP contribution is -2.23. The summed E-state index contributed by atoms with van der Waals surface area (Å²) >= 11 is 0. The van der Waals surface area contributed by atoms with Gasteiger partial charge in [0.25, 0.3) is 0 Å². The minimum Gasteiger partial charge on any atom is -0.387 e. The van der Waals surface area contributed by atoms with E-state index < -0.39 is 0 Å². The molecule has 0 fully saturated rings. The molecule has 0 atom stereocenters. The van der Waals surface area contributed by atoms with Crippen LogP contribution in [0.2, 0.25) is 0 Å². The molecule has 12 heavy (non-hydrogen) atoms. The molecule has 0 aromatic rings. The molecular formula is C10H22N2. The van der Waals surface area contributed by atoms with Crippen LogP contribution in [0.15, 0.2) is 4.99 Å². The van der Waals surface area contributed by atoms with Crippen molar-refractivity contribution in [1.29, 1.82) is 0 Å². The highest BCUT2D eigenvalue weighted by Gasteiger charge is 2.14. The van der Waals surface area contributed by atoms with Gasteiger partial charge in [0.15, 0.2) is 0 Å². The van der Waals surface area contributed by atoms with Gasteiger partial charge in [-0.05, 0) is 26.7 Å². The molecule has 0 aliphatic carbocycles. The van der Waals surface area contributed by atoms with Crippen LogP contribution < -0.4 is 5.73 Å². The number of nitrogens with zero attached hydrogens (tertiary/aromatic N) is 1. The lowest BCUT2D eigenvalue weighted by molar-refractivity contribution is 0.472. The summed E-state index contributed by atoms with van der Waals surface area (Å²) in [7, 11) is 0. The number of hydrogen-bond acceptors (Lipinski definition) is 1. The van der Waals surface area contributed by atoms with Crippen LogP contribution in [0.3, 0.4) is 0 Å². The summed E-state index contributed by atoms with van der Waals surface area (Å²) in [4.78, 5) is 4.48. The summed E-state index contributed by atoms with van der Waals surface area (Å²) in [5.41, 5.74) is 5.79. The molecule has 0 rings (SSSR count). The van der Waals surface area contributed by atoms with E-state index in [1.54, 1.807) is 0 Å². The number of aliphatic imine (C=N–C) groups is 1. The molecule has 0 radical (unpaired) electrons. The van der Waals surface area contributed by atoms with Gasteiger partial charge in [0.2, 0.25) is 0 Å². The first-order chi connectivity index (χ1) is 5.52. The summed E-state index contributed by atoms with van der Waals surface area (Å²) in [6, 6.07) is 0. The zero-order valence-corrected chi connectivity index (χ0v) is 8.85. The quantitative estimate of drug-likeness (QED) is 0.500. The van der Waals surface area contributed by atoms with Gasteiger partial charge in [0, 0.05) is 6.42 Å². The van der Waals surface area contributed by atoms with Crippen molar-refractivity contribution in [1.82, 2.24) is 0 Å². The minimum atomic E-state index is 0.0357. The molecule has 0 aliphatic rings. The Bertz CT molecular complexity index is 148. The normalized spacial score (nSPS) is 13.5. The van der Waals surface area contributed by atoms with Crippen molar-refractivity contribution in [2.75, 3.05) is 0 Å². The fraction of sp³-hybridized carbons (Fsp3) is 0.900.